The van der Waals surface area contributed by atoms with Crippen molar-refractivity contribution in [1.29, 1.82) is 0 Å². The Hall–Kier alpha value is -4.17. The summed E-state index contributed by atoms with van der Waals surface area (Å²) in [4.78, 5) is 32.3. The molecular formula is C29H26N2O5S. The topological polar surface area (TPSA) is 79.1 Å². The molecule has 0 saturated carbocycles. The molecular weight excluding hydrogens is 488 g/mol. The molecule has 1 aliphatic heterocycles. The zero-order valence-corrected chi connectivity index (χ0v) is 21.8. The molecule has 0 aliphatic carbocycles. The lowest BCUT2D eigenvalue weighted by Crippen LogP contribution is -2.40. The first-order chi connectivity index (χ1) is 18.0. The second-order valence-electron chi connectivity index (χ2n) is 8.49. The van der Waals surface area contributed by atoms with E-state index in [9.17, 15) is 9.59 Å². The van der Waals surface area contributed by atoms with E-state index >= 15 is 0 Å². The molecule has 3 aromatic carbocycles. The third-order valence-electron chi connectivity index (χ3n) is 6.34. The number of aromatic nitrogens is 1. The molecule has 7 nitrogen and oxygen atoms in total. The molecule has 0 fully saturated rings. The van der Waals surface area contributed by atoms with Gasteiger partial charge in [0.05, 0.1) is 42.7 Å². The average Bonchev–Trinajstić information content (AvgIpc) is 3.21. The summed E-state index contributed by atoms with van der Waals surface area (Å²) in [7, 11) is 3.14. The van der Waals surface area contributed by atoms with Gasteiger partial charge in [-0.3, -0.25) is 9.36 Å². The van der Waals surface area contributed by atoms with Crippen molar-refractivity contribution < 1.29 is 19.0 Å². The Balaban J connectivity index is 1.76. The highest BCUT2D eigenvalue weighted by molar-refractivity contribution is 7.07. The van der Waals surface area contributed by atoms with Crippen molar-refractivity contribution in [2.24, 2.45) is 4.99 Å². The van der Waals surface area contributed by atoms with Crippen LogP contribution in [0.3, 0.4) is 0 Å². The number of ether oxygens (including phenoxy) is 3. The molecule has 8 heteroatoms. The van der Waals surface area contributed by atoms with Gasteiger partial charge in [0.15, 0.2) is 16.3 Å². The Kier molecular flexibility index (Phi) is 6.67. The van der Waals surface area contributed by atoms with Gasteiger partial charge in [0.1, 0.15) is 0 Å². The van der Waals surface area contributed by atoms with Crippen LogP contribution in [0.2, 0.25) is 0 Å². The SMILES string of the molecule is CCOC(=O)C1=C(C)N=c2s/c(=C/c3ccc(OC)c(OC)c3)c(=O)n2[C@@H]1c1cccc2ccccc12. The summed E-state index contributed by atoms with van der Waals surface area (Å²) in [5.74, 6) is 0.695. The Morgan fingerprint density at radius 2 is 1.81 bits per heavy atom. The van der Waals surface area contributed by atoms with E-state index in [2.05, 4.69) is 4.99 Å². The van der Waals surface area contributed by atoms with Crippen molar-refractivity contribution in [3.63, 3.8) is 0 Å². The van der Waals surface area contributed by atoms with Crippen molar-refractivity contribution in [1.82, 2.24) is 4.57 Å². The van der Waals surface area contributed by atoms with Gasteiger partial charge in [-0.05, 0) is 54.0 Å². The fourth-order valence-electron chi connectivity index (χ4n) is 4.67. The predicted octanol–water partition coefficient (Wildman–Crippen LogP) is 3.97. The largest absolute Gasteiger partial charge is 0.493 e. The van der Waals surface area contributed by atoms with Crippen LogP contribution >= 0.6 is 11.3 Å². The lowest BCUT2D eigenvalue weighted by atomic mass is 9.91. The highest BCUT2D eigenvalue weighted by Gasteiger charge is 2.34. The van der Waals surface area contributed by atoms with Crippen LogP contribution in [0.15, 0.2) is 81.7 Å². The van der Waals surface area contributed by atoms with Crippen LogP contribution in [0, 0.1) is 0 Å². The van der Waals surface area contributed by atoms with Crippen LogP contribution < -0.4 is 24.4 Å². The Labute approximate surface area is 217 Å². The highest BCUT2D eigenvalue weighted by Crippen LogP contribution is 2.35. The van der Waals surface area contributed by atoms with Gasteiger partial charge in [0.25, 0.3) is 5.56 Å². The van der Waals surface area contributed by atoms with E-state index < -0.39 is 12.0 Å². The lowest BCUT2D eigenvalue weighted by molar-refractivity contribution is -0.139. The number of benzene rings is 3. The Morgan fingerprint density at radius 3 is 2.57 bits per heavy atom. The van der Waals surface area contributed by atoms with E-state index in [1.807, 2.05) is 54.6 Å². The molecule has 1 atom stereocenters. The smallest absolute Gasteiger partial charge is 0.338 e. The van der Waals surface area contributed by atoms with Gasteiger partial charge in [-0.2, -0.15) is 0 Å². The number of esters is 1. The first-order valence-corrected chi connectivity index (χ1v) is 12.7. The number of fused-ring (bicyclic) bond motifs is 2. The monoisotopic (exact) mass is 514 g/mol. The number of carbonyl (C=O) groups is 1. The van der Waals surface area contributed by atoms with Gasteiger partial charge in [0.2, 0.25) is 0 Å². The molecule has 0 spiro atoms. The minimum atomic E-state index is -0.672. The fraction of sp³-hybridized carbons (Fsp3) is 0.207. The van der Waals surface area contributed by atoms with E-state index in [0.29, 0.717) is 32.1 Å². The summed E-state index contributed by atoms with van der Waals surface area (Å²) >= 11 is 1.28. The van der Waals surface area contributed by atoms with Crippen molar-refractivity contribution in [3.8, 4) is 11.5 Å². The summed E-state index contributed by atoms with van der Waals surface area (Å²) in [6.45, 7) is 3.77. The van der Waals surface area contributed by atoms with Crippen molar-refractivity contribution in [3.05, 3.63) is 103 Å². The van der Waals surface area contributed by atoms with Crippen LogP contribution in [0.5, 0.6) is 11.5 Å². The summed E-state index contributed by atoms with van der Waals surface area (Å²) in [5, 5.41) is 1.98. The summed E-state index contributed by atoms with van der Waals surface area (Å²) < 4.78 is 18.3. The van der Waals surface area contributed by atoms with E-state index in [4.69, 9.17) is 14.2 Å². The molecule has 0 saturated heterocycles. The number of methoxy groups -OCH3 is 2. The summed E-state index contributed by atoms with van der Waals surface area (Å²) in [6.07, 6.45) is 1.80. The number of rotatable bonds is 6. The summed E-state index contributed by atoms with van der Waals surface area (Å²) in [6, 6.07) is 18.6. The average molecular weight is 515 g/mol. The van der Waals surface area contributed by atoms with E-state index in [1.54, 1.807) is 44.8 Å². The first-order valence-electron chi connectivity index (χ1n) is 11.9. The first kappa shape index (κ1) is 24.5. The van der Waals surface area contributed by atoms with E-state index in [0.717, 1.165) is 21.9 Å². The maximum absolute atomic E-state index is 13.9. The number of carbonyl (C=O) groups excluding carboxylic acids is 1. The van der Waals surface area contributed by atoms with Gasteiger partial charge in [-0.15, -0.1) is 0 Å². The van der Waals surface area contributed by atoms with Crippen molar-refractivity contribution >= 4 is 34.2 Å². The Morgan fingerprint density at radius 1 is 1.05 bits per heavy atom. The second-order valence-corrected chi connectivity index (χ2v) is 9.49. The molecule has 1 aromatic heterocycles. The molecule has 0 bridgehead atoms. The van der Waals surface area contributed by atoms with Crippen LogP contribution in [-0.2, 0) is 9.53 Å². The van der Waals surface area contributed by atoms with Crippen LogP contribution in [-0.4, -0.2) is 31.4 Å². The molecule has 4 aromatic rings. The van der Waals surface area contributed by atoms with Crippen molar-refractivity contribution in [2.45, 2.75) is 19.9 Å². The predicted molar refractivity (Wildman–Crippen MR) is 144 cm³/mol. The number of nitrogens with zero attached hydrogens (tertiary/aromatic N) is 2. The third kappa shape index (κ3) is 4.34. The van der Waals surface area contributed by atoms with Crippen LogP contribution in [0.4, 0.5) is 0 Å². The maximum atomic E-state index is 13.9. The number of thiazole rings is 1. The molecule has 37 heavy (non-hydrogen) atoms. The van der Waals surface area contributed by atoms with Gasteiger partial charge in [0, 0.05) is 0 Å². The minimum Gasteiger partial charge on any atom is -0.493 e. The quantitative estimate of drug-likeness (QED) is 0.364. The number of hydrogen-bond donors (Lipinski definition) is 0. The fourth-order valence-corrected chi connectivity index (χ4v) is 5.72. The van der Waals surface area contributed by atoms with Gasteiger partial charge < -0.3 is 14.2 Å². The molecule has 1 aliphatic rings. The van der Waals surface area contributed by atoms with Gasteiger partial charge in [-0.1, -0.05) is 59.9 Å². The zero-order chi connectivity index (χ0) is 26.1. The van der Waals surface area contributed by atoms with Crippen LogP contribution in [0.1, 0.15) is 31.0 Å². The van der Waals surface area contributed by atoms with Gasteiger partial charge >= 0.3 is 5.97 Å². The molecule has 188 valence electrons. The second kappa shape index (κ2) is 10.1. The highest BCUT2D eigenvalue weighted by atomic mass is 32.1. The zero-order valence-electron chi connectivity index (χ0n) is 21.0. The summed E-state index contributed by atoms with van der Waals surface area (Å²) in [5.41, 5.74) is 2.30. The van der Waals surface area contributed by atoms with Gasteiger partial charge in [-0.25, -0.2) is 9.79 Å². The van der Waals surface area contributed by atoms with E-state index in [1.165, 1.54) is 11.3 Å². The Bertz CT molecular complexity index is 1730. The third-order valence-corrected chi connectivity index (χ3v) is 7.32. The van der Waals surface area contributed by atoms with Crippen molar-refractivity contribution in [2.75, 3.05) is 20.8 Å². The van der Waals surface area contributed by atoms with E-state index in [-0.39, 0.29) is 12.2 Å². The van der Waals surface area contributed by atoms with Crippen LogP contribution in [0.25, 0.3) is 16.8 Å². The molecule has 0 amide bonds. The molecule has 5 rings (SSSR count). The molecule has 0 unspecified atom stereocenters. The standard InChI is InChI=1S/C29H26N2O5S/c1-5-36-28(33)25-17(2)30-29-31(26(25)21-12-8-10-19-9-6-7-11-20(19)21)27(32)24(37-29)16-18-13-14-22(34-3)23(15-18)35-4/h6-16,26H,5H2,1-4H3/b24-16+/t26-/m1/s1. The normalized spacial score (nSPS) is 15.4. The molecule has 0 N–H and O–H groups in total. The minimum absolute atomic E-state index is 0.224. The maximum Gasteiger partial charge on any atom is 0.338 e. The number of allylic oxidation sites excluding steroid dienone is 1. The number of hydrogen-bond acceptors (Lipinski definition) is 7. The molecule has 2 heterocycles. The lowest BCUT2D eigenvalue weighted by Gasteiger charge is -2.25. The molecule has 0 radical (unpaired) electrons.